The van der Waals surface area contributed by atoms with Crippen LogP contribution >= 0.6 is 0 Å². The predicted molar refractivity (Wildman–Crippen MR) is 133 cm³/mol. The van der Waals surface area contributed by atoms with Crippen LogP contribution < -0.4 is 5.32 Å². The second-order valence-corrected chi connectivity index (χ2v) is 10.2. The third-order valence-corrected chi connectivity index (χ3v) is 7.78. The van der Waals surface area contributed by atoms with Crippen molar-refractivity contribution in [3.05, 3.63) is 58.9 Å². The van der Waals surface area contributed by atoms with Crippen LogP contribution in [0.5, 0.6) is 0 Å². The molecule has 1 saturated heterocycles. The van der Waals surface area contributed by atoms with Gasteiger partial charge in [-0.2, -0.15) is 0 Å². The van der Waals surface area contributed by atoms with Crippen LogP contribution in [0.1, 0.15) is 58.9 Å². The van der Waals surface area contributed by atoms with E-state index in [4.69, 9.17) is 4.74 Å². The Morgan fingerprint density at radius 3 is 2.63 bits per heavy atom. The molecular formula is C28H34FN3O3. The van der Waals surface area contributed by atoms with Crippen LogP contribution in [0.15, 0.2) is 36.4 Å². The number of fused-ring (bicyclic) bond motifs is 1. The molecule has 1 saturated carbocycles. The van der Waals surface area contributed by atoms with Gasteiger partial charge in [-0.3, -0.25) is 14.5 Å². The van der Waals surface area contributed by atoms with Crippen molar-refractivity contribution in [2.75, 3.05) is 33.4 Å². The summed E-state index contributed by atoms with van der Waals surface area (Å²) in [5.74, 6) is -0.697. The fraction of sp³-hybridized carbons (Fsp3) is 0.500. The number of nitrogens with one attached hydrogen (secondary N) is 1. The number of benzene rings is 2. The first-order valence-corrected chi connectivity index (χ1v) is 12.7. The Morgan fingerprint density at radius 2 is 1.91 bits per heavy atom. The molecule has 1 aliphatic carbocycles. The zero-order valence-corrected chi connectivity index (χ0v) is 20.6. The molecule has 0 radical (unpaired) electrons. The molecule has 2 fully saturated rings. The predicted octanol–water partition coefficient (Wildman–Crippen LogP) is 3.88. The molecule has 6 nitrogen and oxygen atoms in total. The van der Waals surface area contributed by atoms with Crippen LogP contribution in [0, 0.1) is 5.82 Å². The summed E-state index contributed by atoms with van der Waals surface area (Å²) in [6.07, 6.45) is 5.73. The van der Waals surface area contributed by atoms with E-state index >= 15 is 4.39 Å². The Hall–Kier alpha value is -2.77. The first-order valence-electron chi connectivity index (χ1n) is 12.7. The molecule has 0 bridgehead atoms. The summed E-state index contributed by atoms with van der Waals surface area (Å²) < 4.78 is 20.0. The maximum absolute atomic E-state index is 15.0. The van der Waals surface area contributed by atoms with Crippen molar-refractivity contribution in [3.8, 4) is 11.1 Å². The highest BCUT2D eigenvalue weighted by Gasteiger charge is 2.37. The minimum Gasteiger partial charge on any atom is -0.383 e. The summed E-state index contributed by atoms with van der Waals surface area (Å²) in [6.45, 7) is 5.00. The van der Waals surface area contributed by atoms with E-state index in [1.807, 2.05) is 25.1 Å². The Labute approximate surface area is 206 Å². The van der Waals surface area contributed by atoms with Gasteiger partial charge in [-0.05, 0) is 61.9 Å². The van der Waals surface area contributed by atoms with E-state index in [1.54, 1.807) is 19.2 Å². The summed E-state index contributed by atoms with van der Waals surface area (Å²) in [5, 5.41) is 2.80. The van der Waals surface area contributed by atoms with E-state index in [9.17, 15) is 9.59 Å². The average molecular weight is 480 g/mol. The molecule has 5 rings (SSSR count). The largest absolute Gasteiger partial charge is 0.383 e. The van der Waals surface area contributed by atoms with Crippen LogP contribution in [-0.4, -0.2) is 73.1 Å². The monoisotopic (exact) mass is 479 g/mol. The SMILES string of the molecule is COC[C@H](C)NC(=O)c1ccc(-c2ccc3c(c2)CCN([C@H]2CCN(C4CCC4)C2)C3=O)c(F)c1. The highest BCUT2D eigenvalue weighted by molar-refractivity contribution is 5.98. The van der Waals surface area contributed by atoms with Gasteiger partial charge in [0.1, 0.15) is 5.82 Å². The standard InChI is InChI=1S/C28H34FN3O3/c1-18(17-35-2)30-27(33)21-7-8-24(26(29)15-21)19-6-9-25-20(14-19)10-13-32(28(25)34)23-11-12-31(16-23)22-4-3-5-22/h6-9,14-15,18,22-23H,3-5,10-13,16-17H2,1-2H3,(H,30,33)/t18-,23-/m0/s1. The van der Waals surface area contributed by atoms with Crippen LogP contribution in [-0.2, 0) is 11.2 Å². The average Bonchev–Trinajstić information content (AvgIpc) is 3.27. The summed E-state index contributed by atoms with van der Waals surface area (Å²) in [7, 11) is 1.57. The van der Waals surface area contributed by atoms with Crippen LogP contribution in [0.3, 0.4) is 0 Å². The van der Waals surface area contributed by atoms with E-state index in [0.29, 0.717) is 24.8 Å². The highest BCUT2D eigenvalue weighted by Crippen LogP contribution is 2.33. The van der Waals surface area contributed by atoms with Gasteiger partial charge in [0.25, 0.3) is 11.8 Å². The first-order chi connectivity index (χ1) is 16.9. The van der Waals surface area contributed by atoms with Gasteiger partial charge in [0, 0.05) is 61.6 Å². The molecule has 2 heterocycles. The fourth-order valence-electron chi connectivity index (χ4n) is 5.62. The number of carbonyl (C=O) groups excluding carboxylic acids is 2. The molecule has 3 aliphatic rings. The molecule has 0 aromatic heterocycles. The Bertz CT molecular complexity index is 1120. The fourth-order valence-corrected chi connectivity index (χ4v) is 5.62. The Morgan fingerprint density at radius 1 is 1.11 bits per heavy atom. The maximum atomic E-state index is 15.0. The lowest BCUT2D eigenvalue weighted by Gasteiger charge is -2.37. The van der Waals surface area contributed by atoms with Crippen molar-refractivity contribution in [3.63, 3.8) is 0 Å². The smallest absolute Gasteiger partial charge is 0.254 e. The van der Waals surface area contributed by atoms with Crippen LogP contribution in [0.4, 0.5) is 4.39 Å². The number of amides is 2. The maximum Gasteiger partial charge on any atom is 0.254 e. The number of methoxy groups -OCH3 is 1. The third-order valence-electron chi connectivity index (χ3n) is 7.78. The third kappa shape index (κ3) is 4.84. The highest BCUT2D eigenvalue weighted by atomic mass is 19.1. The second kappa shape index (κ2) is 10.1. The molecular weight excluding hydrogens is 445 g/mol. The van der Waals surface area contributed by atoms with Crippen molar-refractivity contribution >= 4 is 11.8 Å². The summed E-state index contributed by atoms with van der Waals surface area (Å²) in [6, 6.07) is 11.0. The minimum absolute atomic E-state index is 0.0935. The van der Waals surface area contributed by atoms with Gasteiger partial charge in [-0.25, -0.2) is 4.39 Å². The van der Waals surface area contributed by atoms with Gasteiger partial charge in [-0.15, -0.1) is 0 Å². The Kier molecular flexibility index (Phi) is 6.89. The van der Waals surface area contributed by atoms with Crippen molar-refractivity contribution in [1.29, 1.82) is 0 Å². The van der Waals surface area contributed by atoms with E-state index < -0.39 is 5.82 Å². The van der Waals surface area contributed by atoms with Gasteiger partial charge in [-0.1, -0.05) is 24.6 Å². The quantitative estimate of drug-likeness (QED) is 0.655. The number of ether oxygens (including phenoxy) is 1. The lowest BCUT2D eigenvalue weighted by atomic mass is 9.91. The molecule has 2 amide bonds. The number of hydrogen-bond acceptors (Lipinski definition) is 4. The lowest BCUT2D eigenvalue weighted by Crippen LogP contribution is -2.47. The molecule has 2 atom stereocenters. The van der Waals surface area contributed by atoms with E-state index in [-0.39, 0.29) is 23.4 Å². The summed E-state index contributed by atoms with van der Waals surface area (Å²) in [4.78, 5) is 30.3. The number of nitrogens with zero attached hydrogens (tertiary/aromatic N) is 2. The van der Waals surface area contributed by atoms with Crippen molar-refractivity contribution in [1.82, 2.24) is 15.1 Å². The molecule has 7 heteroatoms. The molecule has 35 heavy (non-hydrogen) atoms. The van der Waals surface area contributed by atoms with Crippen molar-refractivity contribution in [2.24, 2.45) is 0 Å². The summed E-state index contributed by atoms with van der Waals surface area (Å²) in [5.41, 5.74) is 3.11. The van der Waals surface area contributed by atoms with E-state index in [1.165, 1.54) is 25.3 Å². The molecule has 1 N–H and O–H groups in total. The number of hydrogen-bond donors (Lipinski definition) is 1. The summed E-state index contributed by atoms with van der Waals surface area (Å²) >= 11 is 0. The van der Waals surface area contributed by atoms with Crippen molar-refractivity contribution < 1.29 is 18.7 Å². The Balaban J connectivity index is 1.29. The van der Waals surface area contributed by atoms with Gasteiger partial charge >= 0.3 is 0 Å². The number of carbonyl (C=O) groups is 2. The van der Waals surface area contributed by atoms with Crippen LogP contribution in [0.2, 0.25) is 0 Å². The molecule has 2 aromatic rings. The van der Waals surface area contributed by atoms with E-state index in [0.717, 1.165) is 48.7 Å². The zero-order chi connectivity index (χ0) is 24.5. The normalized spacial score (nSPS) is 21.5. The number of halogens is 1. The van der Waals surface area contributed by atoms with Crippen molar-refractivity contribution in [2.45, 2.75) is 57.2 Å². The van der Waals surface area contributed by atoms with Gasteiger partial charge in [0.05, 0.1) is 6.61 Å². The topological polar surface area (TPSA) is 61.9 Å². The van der Waals surface area contributed by atoms with Gasteiger partial charge in [0.15, 0.2) is 0 Å². The molecule has 2 aromatic carbocycles. The number of rotatable bonds is 7. The number of likely N-dealkylation sites (tertiary alicyclic amines) is 1. The second-order valence-electron chi connectivity index (χ2n) is 10.2. The van der Waals surface area contributed by atoms with E-state index in [2.05, 4.69) is 15.1 Å². The van der Waals surface area contributed by atoms with Gasteiger partial charge in [0.2, 0.25) is 0 Å². The molecule has 0 spiro atoms. The minimum atomic E-state index is -0.456. The lowest BCUT2D eigenvalue weighted by molar-refractivity contribution is 0.0646. The molecule has 186 valence electrons. The first kappa shape index (κ1) is 23.9. The zero-order valence-electron chi connectivity index (χ0n) is 20.6. The molecule has 0 unspecified atom stereocenters. The van der Waals surface area contributed by atoms with Gasteiger partial charge < -0.3 is 15.0 Å². The van der Waals surface area contributed by atoms with Crippen LogP contribution in [0.25, 0.3) is 11.1 Å². The molecule has 2 aliphatic heterocycles.